The Balaban J connectivity index is 3.72. The molecule has 0 aromatic carbocycles. The van der Waals surface area contributed by atoms with Gasteiger partial charge < -0.3 is 9.47 Å². The van der Waals surface area contributed by atoms with E-state index in [9.17, 15) is 0 Å². The molecule has 0 aromatic rings. The van der Waals surface area contributed by atoms with Gasteiger partial charge in [0.2, 0.25) is 0 Å². The first kappa shape index (κ1) is 23.1. The average Bonchev–Trinajstić information content (AvgIpc) is 2.47. The van der Waals surface area contributed by atoms with Crippen molar-refractivity contribution in [2.45, 2.75) is 77.2 Å². The molecule has 0 rings (SSSR count). The number of ether oxygens (including phenoxy) is 2. The standard InChI is InChI=1S/C16H38O2S2Si2/c1-7-11-17-15(21(3)4)9-13-19-20-14-10-16(22(5)6)18-12-8-2/h15-16,21-22H,7-14H2,1-6H3. The predicted octanol–water partition coefficient (Wildman–Crippen LogP) is 4.79. The van der Waals surface area contributed by atoms with Crippen LogP contribution >= 0.6 is 21.6 Å². The lowest BCUT2D eigenvalue weighted by atomic mass is 10.5. The lowest BCUT2D eigenvalue weighted by molar-refractivity contribution is 0.101. The molecule has 22 heavy (non-hydrogen) atoms. The quantitative estimate of drug-likeness (QED) is 0.230. The summed E-state index contributed by atoms with van der Waals surface area (Å²) in [6.07, 6.45) is 4.74. The van der Waals surface area contributed by atoms with Gasteiger partial charge in [-0.3, -0.25) is 0 Å². The Hall–Kier alpha value is 1.05. The van der Waals surface area contributed by atoms with Crippen LogP contribution in [0.1, 0.15) is 39.5 Å². The molecule has 0 radical (unpaired) electrons. The largest absolute Gasteiger partial charge is 0.382 e. The van der Waals surface area contributed by atoms with Crippen molar-refractivity contribution in [2.75, 3.05) is 24.7 Å². The van der Waals surface area contributed by atoms with E-state index in [0.29, 0.717) is 11.5 Å². The van der Waals surface area contributed by atoms with Gasteiger partial charge in [0.05, 0.1) is 17.6 Å². The molecule has 6 heteroatoms. The monoisotopic (exact) mass is 382 g/mol. The summed E-state index contributed by atoms with van der Waals surface area (Å²) in [5.74, 6) is 2.45. The molecule has 0 aliphatic heterocycles. The fourth-order valence-electron chi connectivity index (χ4n) is 2.20. The molecule has 0 bridgehead atoms. The van der Waals surface area contributed by atoms with Crippen molar-refractivity contribution in [3.8, 4) is 0 Å². The molecule has 2 unspecified atom stereocenters. The van der Waals surface area contributed by atoms with Gasteiger partial charge in [-0.1, -0.05) is 61.6 Å². The zero-order valence-corrected chi connectivity index (χ0v) is 19.5. The minimum absolute atomic E-state index is 0.566. The fraction of sp³-hybridized carbons (Fsp3) is 1.00. The Labute approximate surface area is 150 Å². The van der Waals surface area contributed by atoms with E-state index in [4.69, 9.17) is 9.47 Å². The molecule has 0 saturated carbocycles. The van der Waals surface area contributed by atoms with E-state index in [0.717, 1.165) is 26.1 Å². The number of rotatable bonds is 15. The second-order valence-corrected chi connectivity index (χ2v) is 15.7. The summed E-state index contributed by atoms with van der Waals surface area (Å²) in [7, 11) is 2.70. The van der Waals surface area contributed by atoms with Crippen LogP contribution in [0.5, 0.6) is 0 Å². The summed E-state index contributed by atoms with van der Waals surface area (Å²) < 4.78 is 12.0. The molecule has 0 heterocycles. The van der Waals surface area contributed by atoms with Gasteiger partial charge in [0.25, 0.3) is 0 Å². The average molecular weight is 383 g/mol. The minimum Gasteiger partial charge on any atom is -0.382 e. The van der Waals surface area contributed by atoms with E-state index < -0.39 is 17.6 Å². The molecule has 0 aliphatic carbocycles. The van der Waals surface area contributed by atoms with Crippen molar-refractivity contribution in [1.29, 1.82) is 0 Å². The Bertz CT molecular complexity index is 220. The zero-order valence-electron chi connectivity index (χ0n) is 15.6. The van der Waals surface area contributed by atoms with Crippen LogP contribution < -0.4 is 0 Å². The molecule has 0 fully saturated rings. The third-order valence-electron chi connectivity index (χ3n) is 3.61. The van der Waals surface area contributed by atoms with Crippen molar-refractivity contribution < 1.29 is 9.47 Å². The molecule has 0 N–H and O–H groups in total. The topological polar surface area (TPSA) is 18.5 Å². The maximum Gasteiger partial charge on any atom is 0.0656 e. The molecule has 0 aliphatic rings. The van der Waals surface area contributed by atoms with Gasteiger partial charge in [-0.25, -0.2) is 0 Å². The van der Waals surface area contributed by atoms with E-state index in [1.165, 1.54) is 24.3 Å². The molecule has 2 atom stereocenters. The van der Waals surface area contributed by atoms with Crippen LogP contribution in [-0.2, 0) is 9.47 Å². The molecule has 2 nitrogen and oxygen atoms in total. The first-order valence-electron chi connectivity index (χ1n) is 9.00. The highest BCUT2D eigenvalue weighted by Gasteiger charge is 2.16. The van der Waals surface area contributed by atoms with Gasteiger partial charge in [-0.05, 0) is 25.7 Å². The summed E-state index contributed by atoms with van der Waals surface area (Å²) in [4.78, 5) is 0. The van der Waals surface area contributed by atoms with Crippen molar-refractivity contribution >= 4 is 39.2 Å². The Kier molecular flexibility index (Phi) is 16.3. The van der Waals surface area contributed by atoms with E-state index >= 15 is 0 Å². The van der Waals surface area contributed by atoms with Gasteiger partial charge in [0.1, 0.15) is 0 Å². The number of hydrogen-bond donors (Lipinski definition) is 0. The van der Waals surface area contributed by atoms with Gasteiger partial charge in [0.15, 0.2) is 0 Å². The smallest absolute Gasteiger partial charge is 0.0656 e. The highest BCUT2D eigenvalue weighted by molar-refractivity contribution is 8.76. The van der Waals surface area contributed by atoms with E-state index in [1.54, 1.807) is 0 Å². The highest BCUT2D eigenvalue weighted by Crippen LogP contribution is 2.25. The summed E-state index contributed by atoms with van der Waals surface area (Å²) in [5, 5.41) is 0. The maximum absolute atomic E-state index is 6.00. The molecule has 0 spiro atoms. The van der Waals surface area contributed by atoms with Crippen LogP contribution in [0.3, 0.4) is 0 Å². The van der Waals surface area contributed by atoms with Crippen LogP contribution in [0.4, 0.5) is 0 Å². The van der Waals surface area contributed by atoms with Crippen molar-refractivity contribution in [2.24, 2.45) is 0 Å². The van der Waals surface area contributed by atoms with Crippen LogP contribution in [0.2, 0.25) is 26.2 Å². The van der Waals surface area contributed by atoms with Gasteiger partial charge in [0, 0.05) is 36.2 Å². The Morgan fingerprint density at radius 2 is 1.09 bits per heavy atom. The SMILES string of the molecule is CCCOC(CCSSCCC(OCCC)[SiH](C)C)[SiH](C)C. The predicted molar refractivity (Wildman–Crippen MR) is 112 cm³/mol. The lowest BCUT2D eigenvalue weighted by Crippen LogP contribution is -2.29. The van der Waals surface area contributed by atoms with Crippen molar-refractivity contribution in [3.63, 3.8) is 0 Å². The van der Waals surface area contributed by atoms with Gasteiger partial charge in [-0.15, -0.1) is 0 Å². The van der Waals surface area contributed by atoms with Crippen LogP contribution in [0, 0.1) is 0 Å². The maximum atomic E-state index is 6.00. The van der Waals surface area contributed by atoms with Crippen LogP contribution in [0.15, 0.2) is 0 Å². The zero-order chi connectivity index (χ0) is 16.8. The van der Waals surface area contributed by atoms with Crippen LogP contribution in [-0.4, -0.2) is 53.8 Å². The van der Waals surface area contributed by atoms with Gasteiger partial charge >= 0.3 is 0 Å². The highest BCUT2D eigenvalue weighted by atomic mass is 33.1. The molecular weight excluding hydrogens is 344 g/mol. The first-order valence-corrected chi connectivity index (χ1v) is 17.4. The molecule has 0 aromatic heterocycles. The number of hydrogen-bond acceptors (Lipinski definition) is 4. The summed E-state index contributed by atoms with van der Waals surface area (Å²) in [5.41, 5.74) is 1.13. The lowest BCUT2D eigenvalue weighted by Gasteiger charge is -2.21. The third-order valence-corrected chi connectivity index (χ3v) is 10.1. The Morgan fingerprint density at radius 1 is 0.727 bits per heavy atom. The van der Waals surface area contributed by atoms with E-state index in [-0.39, 0.29) is 0 Å². The van der Waals surface area contributed by atoms with Gasteiger partial charge in [-0.2, -0.15) is 0 Å². The molecular formula is C16H38O2S2Si2. The molecule has 0 saturated heterocycles. The Morgan fingerprint density at radius 3 is 1.36 bits per heavy atom. The van der Waals surface area contributed by atoms with E-state index in [1.807, 2.05) is 21.6 Å². The molecule has 0 amide bonds. The minimum atomic E-state index is -0.678. The van der Waals surface area contributed by atoms with Crippen molar-refractivity contribution in [3.05, 3.63) is 0 Å². The van der Waals surface area contributed by atoms with E-state index in [2.05, 4.69) is 40.0 Å². The summed E-state index contributed by atoms with van der Waals surface area (Å²) in [6.45, 7) is 15.9. The van der Waals surface area contributed by atoms with Crippen molar-refractivity contribution in [1.82, 2.24) is 0 Å². The summed E-state index contributed by atoms with van der Waals surface area (Å²) in [6, 6.07) is 0. The normalized spacial score (nSPS) is 14.7. The van der Waals surface area contributed by atoms with Crippen LogP contribution in [0.25, 0.3) is 0 Å². The first-order chi connectivity index (χ1) is 10.5. The third kappa shape index (κ3) is 12.5. The summed E-state index contributed by atoms with van der Waals surface area (Å²) >= 11 is 0. The fourth-order valence-corrected chi connectivity index (χ4v) is 7.57. The second-order valence-electron chi connectivity index (χ2n) is 6.53. The molecule has 134 valence electrons. The second kappa shape index (κ2) is 15.6.